The van der Waals surface area contributed by atoms with E-state index in [9.17, 15) is 5.11 Å². The zero-order chi connectivity index (χ0) is 18.8. The van der Waals surface area contributed by atoms with Crippen molar-refractivity contribution in [3.63, 3.8) is 0 Å². The quantitative estimate of drug-likeness (QED) is 0.457. The summed E-state index contributed by atoms with van der Waals surface area (Å²) in [7, 11) is 3.31. The lowest BCUT2D eigenvalue weighted by Gasteiger charge is -2.09. The highest BCUT2D eigenvalue weighted by atomic mass is 32.1. The lowest BCUT2D eigenvalue weighted by molar-refractivity contribution is 0.415. The van der Waals surface area contributed by atoms with E-state index in [0.29, 0.717) is 5.75 Å². The fraction of sp³-hybridized carbons (Fsp3) is 0.0909. The van der Waals surface area contributed by atoms with Crippen molar-refractivity contribution in [3.8, 4) is 39.2 Å². The van der Waals surface area contributed by atoms with E-state index in [-0.39, 0.29) is 5.75 Å². The molecule has 0 spiro atoms. The van der Waals surface area contributed by atoms with Gasteiger partial charge in [0, 0.05) is 10.1 Å². The molecule has 0 saturated heterocycles. The Morgan fingerprint density at radius 2 is 1.37 bits per heavy atom. The molecule has 0 amide bonds. The molecule has 0 aliphatic carbocycles. The van der Waals surface area contributed by atoms with Crippen LogP contribution in [-0.4, -0.2) is 19.3 Å². The molecule has 0 radical (unpaired) electrons. The van der Waals surface area contributed by atoms with Crippen molar-refractivity contribution in [1.82, 2.24) is 0 Å². The molecule has 0 aliphatic rings. The number of thiophene rings is 1. The Balaban J connectivity index is 1.85. The van der Waals surface area contributed by atoms with Crippen LogP contribution >= 0.6 is 11.3 Å². The Bertz CT molecular complexity index is 1070. The average molecular weight is 378 g/mol. The SMILES string of the molecule is COc1ccc(-c2sc3cc(OC)ccc3c2Oc2ccc(O)cc2)cc1. The summed E-state index contributed by atoms with van der Waals surface area (Å²) in [5.74, 6) is 3.27. The normalized spacial score (nSPS) is 10.7. The van der Waals surface area contributed by atoms with Gasteiger partial charge in [-0.05, 0) is 72.3 Å². The number of methoxy groups -OCH3 is 2. The van der Waals surface area contributed by atoms with Crippen molar-refractivity contribution < 1.29 is 19.3 Å². The first-order valence-corrected chi connectivity index (χ1v) is 9.21. The average Bonchev–Trinajstić information content (AvgIpc) is 3.07. The first-order valence-electron chi connectivity index (χ1n) is 8.40. The highest BCUT2D eigenvalue weighted by Gasteiger charge is 2.17. The number of benzene rings is 3. The second-order valence-electron chi connectivity index (χ2n) is 5.95. The van der Waals surface area contributed by atoms with Gasteiger partial charge in [-0.3, -0.25) is 0 Å². The summed E-state index contributed by atoms with van der Waals surface area (Å²) in [5.41, 5.74) is 1.05. The van der Waals surface area contributed by atoms with Crippen LogP contribution in [0.4, 0.5) is 0 Å². The van der Waals surface area contributed by atoms with Crippen molar-refractivity contribution >= 4 is 21.4 Å². The fourth-order valence-electron chi connectivity index (χ4n) is 2.85. The van der Waals surface area contributed by atoms with Crippen LogP contribution in [0.15, 0.2) is 66.7 Å². The van der Waals surface area contributed by atoms with Crippen LogP contribution in [0.5, 0.6) is 28.7 Å². The number of ether oxygens (including phenoxy) is 3. The molecule has 4 rings (SSSR count). The predicted molar refractivity (Wildman–Crippen MR) is 109 cm³/mol. The first kappa shape index (κ1) is 17.2. The summed E-state index contributed by atoms with van der Waals surface area (Å²) in [6, 6.07) is 20.6. The van der Waals surface area contributed by atoms with Crippen LogP contribution in [-0.2, 0) is 0 Å². The smallest absolute Gasteiger partial charge is 0.153 e. The molecule has 0 saturated carbocycles. The number of hydrogen-bond acceptors (Lipinski definition) is 5. The van der Waals surface area contributed by atoms with E-state index in [2.05, 4.69) is 0 Å². The van der Waals surface area contributed by atoms with Gasteiger partial charge in [0.05, 0.1) is 19.1 Å². The zero-order valence-corrected chi connectivity index (χ0v) is 15.7. The van der Waals surface area contributed by atoms with Crippen LogP contribution < -0.4 is 14.2 Å². The Morgan fingerprint density at radius 1 is 0.741 bits per heavy atom. The summed E-state index contributed by atoms with van der Waals surface area (Å²) < 4.78 is 17.9. The summed E-state index contributed by atoms with van der Waals surface area (Å²) in [4.78, 5) is 1.02. The van der Waals surface area contributed by atoms with Gasteiger partial charge in [-0.25, -0.2) is 0 Å². The van der Waals surface area contributed by atoms with Crippen molar-refractivity contribution in [2.75, 3.05) is 14.2 Å². The van der Waals surface area contributed by atoms with E-state index in [1.807, 2.05) is 42.5 Å². The van der Waals surface area contributed by atoms with Crippen molar-refractivity contribution in [2.24, 2.45) is 0 Å². The van der Waals surface area contributed by atoms with E-state index in [4.69, 9.17) is 14.2 Å². The third kappa shape index (κ3) is 3.41. The second kappa shape index (κ2) is 7.21. The van der Waals surface area contributed by atoms with Crippen molar-refractivity contribution in [1.29, 1.82) is 0 Å². The Hall–Kier alpha value is -3.18. The fourth-order valence-corrected chi connectivity index (χ4v) is 4.01. The van der Waals surface area contributed by atoms with Crippen LogP contribution in [0, 0.1) is 0 Å². The third-order valence-corrected chi connectivity index (χ3v) is 5.44. The Morgan fingerprint density at radius 3 is 2.04 bits per heavy atom. The summed E-state index contributed by atoms with van der Waals surface area (Å²) in [6.45, 7) is 0. The monoisotopic (exact) mass is 378 g/mol. The molecule has 5 heteroatoms. The van der Waals surface area contributed by atoms with Gasteiger partial charge < -0.3 is 19.3 Å². The van der Waals surface area contributed by atoms with Gasteiger partial charge in [0.2, 0.25) is 0 Å². The summed E-state index contributed by atoms with van der Waals surface area (Å²) in [6.07, 6.45) is 0. The Labute approximate surface area is 161 Å². The van der Waals surface area contributed by atoms with Gasteiger partial charge in [0.1, 0.15) is 23.0 Å². The molecular formula is C22H18O4S. The van der Waals surface area contributed by atoms with E-state index in [1.54, 1.807) is 49.8 Å². The minimum atomic E-state index is 0.206. The molecule has 136 valence electrons. The molecule has 0 atom stereocenters. The molecular weight excluding hydrogens is 360 g/mol. The maximum absolute atomic E-state index is 9.51. The van der Waals surface area contributed by atoms with Crippen LogP contribution in [0.25, 0.3) is 20.5 Å². The molecule has 0 bridgehead atoms. The number of hydrogen-bond donors (Lipinski definition) is 1. The molecule has 0 fully saturated rings. The zero-order valence-electron chi connectivity index (χ0n) is 14.9. The van der Waals surface area contributed by atoms with Gasteiger partial charge in [-0.1, -0.05) is 0 Å². The molecule has 27 heavy (non-hydrogen) atoms. The van der Waals surface area contributed by atoms with Gasteiger partial charge in [-0.2, -0.15) is 0 Å². The highest BCUT2D eigenvalue weighted by Crippen LogP contribution is 2.47. The van der Waals surface area contributed by atoms with E-state index in [0.717, 1.165) is 37.8 Å². The topological polar surface area (TPSA) is 47.9 Å². The largest absolute Gasteiger partial charge is 0.508 e. The van der Waals surface area contributed by atoms with Crippen LogP contribution in [0.3, 0.4) is 0 Å². The summed E-state index contributed by atoms with van der Waals surface area (Å²) >= 11 is 1.65. The number of rotatable bonds is 5. The Kier molecular flexibility index (Phi) is 4.60. The van der Waals surface area contributed by atoms with Crippen molar-refractivity contribution in [2.45, 2.75) is 0 Å². The molecule has 1 N–H and O–H groups in total. The number of fused-ring (bicyclic) bond motifs is 1. The van der Waals surface area contributed by atoms with Gasteiger partial charge in [0.15, 0.2) is 5.75 Å². The third-order valence-electron chi connectivity index (χ3n) is 4.26. The molecule has 4 aromatic rings. The molecule has 4 nitrogen and oxygen atoms in total. The number of phenolic OH excluding ortho intramolecular Hbond substituents is 1. The standard InChI is InChI=1S/C22H18O4S/c1-24-16-7-3-14(4-8-16)22-21(26-17-9-5-15(23)6-10-17)19-12-11-18(25-2)13-20(19)27-22/h3-13,23H,1-2H3. The maximum atomic E-state index is 9.51. The maximum Gasteiger partial charge on any atom is 0.153 e. The lowest BCUT2D eigenvalue weighted by atomic mass is 10.1. The minimum absolute atomic E-state index is 0.206. The predicted octanol–water partition coefficient (Wildman–Crippen LogP) is 6.08. The van der Waals surface area contributed by atoms with Crippen LogP contribution in [0.1, 0.15) is 0 Å². The minimum Gasteiger partial charge on any atom is -0.508 e. The van der Waals surface area contributed by atoms with Crippen LogP contribution in [0.2, 0.25) is 0 Å². The molecule has 0 unspecified atom stereocenters. The number of phenols is 1. The van der Waals surface area contributed by atoms with Gasteiger partial charge >= 0.3 is 0 Å². The van der Waals surface area contributed by atoms with Gasteiger partial charge in [-0.15, -0.1) is 11.3 Å². The number of aromatic hydroxyl groups is 1. The van der Waals surface area contributed by atoms with E-state index in [1.165, 1.54) is 0 Å². The first-order chi connectivity index (χ1) is 13.2. The van der Waals surface area contributed by atoms with E-state index < -0.39 is 0 Å². The summed E-state index contributed by atoms with van der Waals surface area (Å²) in [5, 5.41) is 10.5. The van der Waals surface area contributed by atoms with Gasteiger partial charge in [0.25, 0.3) is 0 Å². The molecule has 1 heterocycles. The lowest BCUT2D eigenvalue weighted by Crippen LogP contribution is -1.86. The van der Waals surface area contributed by atoms with E-state index >= 15 is 0 Å². The second-order valence-corrected chi connectivity index (χ2v) is 7.00. The molecule has 0 aliphatic heterocycles. The van der Waals surface area contributed by atoms with Crippen molar-refractivity contribution in [3.05, 3.63) is 66.7 Å². The highest BCUT2D eigenvalue weighted by molar-refractivity contribution is 7.22. The molecule has 3 aromatic carbocycles. The molecule has 1 aromatic heterocycles.